The van der Waals surface area contributed by atoms with E-state index in [1.165, 1.54) is 0 Å². The van der Waals surface area contributed by atoms with Gasteiger partial charge in [0.2, 0.25) is 5.95 Å². The summed E-state index contributed by atoms with van der Waals surface area (Å²) in [4.78, 5) is 13.3. The molecule has 0 amide bonds. The molecule has 1 aromatic carbocycles. The van der Waals surface area contributed by atoms with Crippen molar-refractivity contribution in [2.75, 3.05) is 25.6 Å². The minimum atomic E-state index is -0.335. The lowest BCUT2D eigenvalue weighted by Crippen LogP contribution is -2.15. The molecule has 1 heterocycles. The number of rotatable bonds is 4. The summed E-state index contributed by atoms with van der Waals surface area (Å²) in [6.45, 7) is 2.13. The fourth-order valence-electron chi connectivity index (χ4n) is 1.58. The molecule has 0 saturated heterocycles. The van der Waals surface area contributed by atoms with Crippen LogP contribution in [0.5, 0.6) is 0 Å². The molecule has 100 valence electrons. The van der Waals surface area contributed by atoms with Gasteiger partial charge in [0.15, 0.2) is 0 Å². The van der Waals surface area contributed by atoms with Gasteiger partial charge in [-0.15, -0.1) is 0 Å². The van der Waals surface area contributed by atoms with Crippen molar-refractivity contribution in [1.29, 1.82) is 0 Å². The summed E-state index contributed by atoms with van der Waals surface area (Å²) >= 11 is 0. The van der Waals surface area contributed by atoms with Crippen LogP contribution in [0.1, 0.15) is 17.3 Å². The monoisotopic (exact) mass is 261 g/mol. The number of hydrogen-bond donors (Lipinski definition) is 0. The Hall–Kier alpha value is -2.44. The van der Waals surface area contributed by atoms with E-state index in [0.717, 1.165) is 5.69 Å². The second-order valence-corrected chi connectivity index (χ2v) is 4.05. The lowest BCUT2D eigenvalue weighted by atomic mass is 10.2. The summed E-state index contributed by atoms with van der Waals surface area (Å²) in [6.07, 6.45) is 0. The molecule has 0 unspecified atom stereocenters. The van der Waals surface area contributed by atoms with Gasteiger partial charge < -0.3 is 9.64 Å². The predicted molar refractivity (Wildman–Crippen MR) is 69.4 cm³/mol. The number of anilines is 1. The number of aromatic nitrogens is 4. The zero-order valence-corrected chi connectivity index (χ0v) is 11.1. The molecule has 0 atom stereocenters. The van der Waals surface area contributed by atoms with E-state index >= 15 is 0 Å². The Labute approximate surface area is 110 Å². The number of carbonyl (C=O) groups excluding carboxylic acids is 1. The highest BCUT2D eigenvalue weighted by molar-refractivity contribution is 5.89. The second-order valence-electron chi connectivity index (χ2n) is 4.05. The molecule has 0 aliphatic rings. The fourth-order valence-corrected chi connectivity index (χ4v) is 1.58. The van der Waals surface area contributed by atoms with Crippen LogP contribution in [0, 0.1) is 0 Å². The number of benzene rings is 1. The van der Waals surface area contributed by atoms with Crippen molar-refractivity contribution in [3.8, 4) is 5.69 Å². The number of carbonyl (C=O) groups is 1. The first-order valence-corrected chi connectivity index (χ1v) is 5.86. The van der Waals surface area contributed by atoms with Crippen molar-refractivity contribution in [1.82, 2.24) is 20.2 Å². The highest BCUT2D eigenvalue weighted by Gasteiger charge is 2.11. The van der Waals surface area contributed by atoms with Gasteiger partial charge in [0.1, 0.15) is 0 Å². The maximum Gasteiger partial charge on any atom is 0.338 e. The van der Waals surface area contributed by atoms with Crippen LogP contribution >= 0.6 is 0 Å². The number of ether oxygens (including phenoxy) is 1. The summed E-state index contributed by atoms with van der Waals surface area (Å²) in [7, 11) is 3.71. The van der Waals surface area contributed by atoms with Crippen molar-refractivity contribution < 1.29 is 9.53 Å². The molecule has 0 spiro atoms. The first-order valence-electron chi connectivity index (χ1n) is 5.86. The molecule has 2 rings (SSSR count). The van der Waals surface area contributed by atoms with Crippen LogP contribution in [0.2, 0.25) is 0 Å². The molecule has 19 heavy (non-hydrogen) atoms. The molecule has 0 radical (unpaired) electrons. The number of tetrazole rings is 1. The maximum atomic E-state index is 11.5. The number of esters is 1. The van der Waals surface area contributed by atoms with E-state index in [1.54, 1.807) is 40.8 Å². The lowest BCUT2D eigenvalue weighted by Gasteiger charge is -2.11. The van der Waals surface area contributed by atoms with Crippen LogP contribution in [0.25, 0.3) is 5.69 Å². The Morgan fingerprint density at radius 3 is 2.58 bits per heavy atom. The zero-order chi connectivity index (χ0) is 13.8. The lowest BCUT2D eigenvalue weighted by molar-refractivity contribution is 0.0526. The molecule has 0 aliphatic heterocycles. The summed E-state index contributed by atoms with van der Waals surface area (Å²) < 4.78 is 6.52. The fraction of sp³-hybridized carbons (Fsp3) is 0.333. The SMILES string of the molecule is CCOC(=O)c1ccc(-n2nnnc2N(C)C)cc1. The van der Waals surface area contributed by atoms with E-state index in [1.807, 2.05) is 14.1 Å². The summed E-state index contributed by atoms with van der Waals surface area (Å²) in [5.41, 5.74) is 1.28. The number of nitrogens with zero attached hydrogens (tertiary/aromatic N) is 5. The van der Waals surface area contributed by atoms with Gasteiger partial charge in [-0.3, -0.25) is 0 Å². The Morgan fingerprint density at radius 2 is 2.00 bits per heavy atom. The summed E-state index contributed by atoms with van der Waals surface area (Å²) in [5, 5.41) is 11.5. The molecular weight excluding hydrogens is 246 g/mol. The van der Waals surface area contributed by atoms with Gasteiger partial charge in [-0.05, 0) is 41.6 Å². The van der Waals surface area contributed by atoms with Crippen molar-refractivity contribution in [2.45, 2.75) is 6.92 Å². The smallest absolute Gasteiger partial charge is 0.338 e. The van der Waals surface area contributed by atoms with Crippen LogP contribution in [-0.2, 0) is 4.74 Å². The molecule has 0 bridgehead atoms. The summed E-state index contributed by atoms with van der Waals surface area (Å²) in [6, 6.07) is 6.92. The normalized spacial score (nSPS) is 10.3. The van der Waals surface area contributed by atoms with Gasteiger partial charge in [0, 0.05) is 14.1 Å². The first kappa shape index (κ1) is 13.0. The molecule has 7 nitrogen and oxygen atoms in total. The minimum Gasteiger partial charge on any atom is -0.462 e. The Bertz CT molecular complexity index is 562. The minimum absolute atomic E-state index is 0.335. The zero-order valence-electron chi connectivity index (χ0n) is 11.1. The highest BCUT2D eigenvalue weighted by atomic mass is 16.5. The molecule has 0 aliphatic carbocycles. The quantitative estimate of drug-likeness (QED) is 0.761. The third kappa shape index (κ3) is 2.70. The van der Waals surface area contributed by atoms with Gasteiger partial charge in [-0.2, -0.15) is 4.68 Å². The van der Waals surface area contributed by atoms with Crippen molar-refractivity contribution >= 4 is 11.9 Å². The van der Waals surface area contributed by atoms with Crippen LogP contribution in [0.3, 0.4) is 0 Å². The van der Waals surface area contributed by atoms with E-state index < -0.39 is 0 Å². The summed E-state index contributed by atoms with van der Waals surface area (Å²) in [5.74, 6) is 0.280. The Morgan fingerprint density at radius 1 is 1.32 bits per heavy atom. The molecule has 2 aromatic rings. The van der Waals surface area contributed by atoms with E-state index in [0.29, 0.717) is 18.1 Å². The van der Waals surface area contributed by atoms with Gasteiger partial charge in [0.05, 0.1) is 17.9 Å². The molecular formula is C12H15N5O2. The van der Waals surface area contributed by atoms with Crippen LogP contribution in [-0.4, -0.2) is 46.9 Å². The Kier molecular flexibility index (Phi) is 3.74. The van der Waals surface area contributed by atoms with Crippen LogP contribution in [0.15, 0.2) is 24.3 Å². The third-order valence-electron chi connectivity index (χ3n) is 2.48. The van der Waals surface area contributed by atoms with Gasteiger partial charge in [0.25, 0.3) is 0 Å². The predicted octanol–water partition coefficient (Wildman–Crippen LogP) is 0.905. The van der Waals surface area contributed by atoms with E-state index in [4.69, 9.17) is 4.74 Å². The van der Waals surface area contributed by atoms with Crippen molar-refractivity contribution in [2.24, 2.45) is 0 Å². The van der Waals surface area contributed by atoms with Gasteiger partial charge in [-0.1, -0.05) is 5.10 Å². The van der Waals surface area contributed by atoms with Gasteiger partial charge in [-0.25, -0.2) is 4.79 Å². The van der Waals surface area contributed by atoms with E-state index in [9.17, 15) is 4.79 Å². The van der Waals surface area contributed by atoms with Gasteiger partial charge >= 0.3 is 5.97 Å². The van der Waals surface area contributed by atoms with E-state index in [-0.39, 0.29) is 5.97 Å². The number of hydrogen-bond acceptors (Lipinski definition) is 6. The molecule has 0 saturated carbocycles. The third-order valence-corrected chi connectivity index (χ3v) is 2.48. The molecule has 0 fully saturated rings. The molecule has 7 heteroatoms. The highest BCUT2D eigenvalue weighted by Crippen LogP contribution is 2.14. The first-order chi connectivity index (χ1) is 9.13. The topological polar surface area (TPSA) is 73.1 Å². The molecule has 0 N–H and O–H groups in total. The van der Waals surface area contributed by atoms with Crippen LogP contribution in [0.4, 0.5) is 5.95 Å². The van der Waals surface area contributed by atoms with Crippen LogP contribution < -0.4 is 4.90 Å². The largest absolute Gasteiger partial charge is 0.462 e. The second kappa shape index (κ2) is 5.47. The Balaban J connectivity index is 2.27. The standard InChI is InChI=1S/C12H15N5O2/c1-4-19-11(18)9-5-7-10(8-6-9)17-12(16(2)3)13-14-15-17/h5-8H,4H2,1-3H3. The van der Waals surface area contributed by atoms with Crippen molar-refractivity contribution in [3.63, 3.8) is 0 Å². The average molecular weight is 261 g/mol. The van der Waals surface area contributed by atoms with E-state index in [2.05, 4.69) is 15.5 Å². The molecule has 1 aromatic heterocycles. The van der Waals surface area contributed by atoms with Crippen molar-refractivity contribution in [3.05, 3.63) is 29.8 Å². The average Bonchev–Trinajstić information content (AvgIpc) is 2.88. The maximum absolute atomic E-state index is 11.5.